The number of rotatable bonds is 4. The van der Waals surface area contributed by atoms with E-state index in [4.69, 9.17) is 4.74 Å². The van der Waals surface area contributed by atoms with E-state index >= 15 is 0 Å². The Hall–Kier alpha value is -1.59. The smallest absolute Gasteiger partial charge is 0.191 e. The highest BCUT2D eigenvalue weighted by molar-refractivity contribution is 5.80. The van der Waals surface area contributed by atoms with Crippen LogP contribution in [0.4, 0.5) is 0 Å². The zero-order valence-corrected chi connectivity index (χ0v) is 17.2. The summed E-state index contributed by atoms with van der Waals surface area (Å²) in [5.74, 6) is 1.66. The van der Waals surface area contributed by atoms with Crippen molar-refractivity contribution < 1.29 is 4.74 Å². The van der Waals surface area contributed by atoms with Gasteiger partial charge in [-0.25, -0.2) is 0 Å². The fourth-order valence-electron chi connectivity index (χ4n) is 6.17. The fourth-order valence-corrected chi connectivity index (χ4v) is 6.17. The van der Waals surface area contributed by atoms with E-state index in [1.54, 1.807) is 0 Å². The van der Waals surface area contributed by atoms with Crippen LogP contribution in [0.2, 0.25) is 0 Å². The van der Waals surface area contributed by atoms with E-state index in [2.05, 4.69) is 57.8 Å². The molecule has 4 fully saturated rings. The van der Waals surface area contributed by atoms with Crippen LogP contribution in [0, 0.1) is 11.3 Å². The van der Waals surface area contributed by atoms with Gasteiger partial charge in [0.2, 0.25) is 0 Å². The van der Waals surface area contributed by atoms with Gasteiger partial charge < -0.3 is 15.4 Å². The van der Waals surface area contributed by atoms with E-state index in [0.717, 1.165) is 25.7 Å². The minimum absolute atomic E-state index is 0.391. The lowest BCUT2D eigenvalue weighted by molar-refractivity contribution is -0.171. The quantitative estimate of drug-likeness (QED) is 0.621. The topological polar surface area (TPSA) is 48.9 Å². The van der Waals surface area contributed by atoms with Crippen LogP contribution in [0.5, 0.6) is 0 Å². The molecule has 2 aliphatic carbocycles. The molecular weight excluding hydrogens is 348 g/mol. The molecular formula is C23H34N4O. The maximum absolute atomic E-state index is 6.06. The van der Waals surface area contributed by atoms with Crippen molar-refractivity contribution in [3.05, 3.63) is 35.9 Å². The summed E-state index contributed by atoms with van der Waals surface area (Å²) in [6, 6.07) is 12.3. The van der Waals surface area contributed by atoms with Gasteiger partial charge in [-0.1, -0.05) is 36.8 Å². The third-order valence-electron chi connectivity index (χ3n) is 7.94. The summed E-state index contributed by atoms with van der Waals surface area (Å²) >= 11 is 0. The third-order valence-corrected chi connectivity index (χ3v) is 7.94. The summed E-state index contributed by atoms with van der Waals surface area (Å²) in [5, 5.41) is 7.53. The molecule has 2 aliphatic heterocycles. The lowest BCUT2D eigenvalue weighted by Crippen LogP contribution is -2.72. The summed E-state index contributed by atoms with van der Waals surface area (Å²) in [5.41, 5.74) is 1.79. The molecule has 1 spiro atoms. The molecule has 5 rings (SSSR count). The Morgan fingerprint density at radius 3 is 2.75 bits per heavy atom. The monoisotopic (exact) mass is 382 g/mol. The summed E-state index contributed by atoms with van der Waals surface area (Å²) < 4.78 is 6.06. The summed E-state index contributed by atoms with van der Waals surface area (Å²) in [6.07, 6.45) is 6.86. The lowest BCUT2D eigenvalue weighted by atomic mass is 9.46. The molecule has 152 valence electrons. The minimum Gasteiger partial charge on any atom is -0.377 e. The van der Waals surface area contributed by atoms with E-state index in [-0.39, 0.29) is 0 Å². The Morgan fingerprint density at radius 1 is 1.21 bits per heavy atom. The summed E-state index contributed by atoms with van der Waals surface area (Å²) in [6.45, 7) is 5.47. The van der Waals surface area contributed by atoms with Crippen LogP contribution >= 0.6 is 0 Å². The number of hydrogen-bond acceptors (Lipinski definition) is 3. The minimum atomic E-state index is 0.391. The van der Waals surface area contributed by atoms with Crippen molar-refractivity contribution in [3.63, 3.8) is 0 Å². The standard InChI is InChI=1S/C23H34N4O/c1-16(17-7-4-3-5-8-17)27-13-9-18(15-27)25-22(24-2)26-20-19-10-14-28-21(19)23(20)11-6-12-23/h3-5,7-8,16,18-21H,6,9-15H2,1-2H3,(H2,24,25,26). The van der Waals surface area contributed by atoms with Gasteiger partial charge in [0.1, 0.15) is 0 Å². The SMILES string of the molecule is CN=C(NC1CCN(C(C)c2ccccc2)C1)NC1C2CCOC2C12CCC2. The van der Waals surface area contributed by atoms with Gasteiger partial charge in [0.05, 0.1) is 6.10 Å². The van der Waals surface area contributed by atoms with Crippen molar-refractivity contribution in [3.8, 4) is 0 Å². The molecule has 2 saturated carbocycles. The van der Waals surface area contributed by atoms with Crippen molar-refractivity contribution >= 4 is 5.96 Å². The molecule has 0 radical (unpaired) electrons. The molecule has 2 heterocycles. The van der Waals surface area contributed by atoms with Crippen LogP contribution in [0.15, 0.2) is 35.3 Å². The van der Waals surface area contributed by atoms with E-state index < -0.39 is 0 Å². The second-order valence-electron chi connectivity index (χ2n) is 9.24. The van der Waals surface area contributed by atoms with Crippen molar-refractivity contribution in [2.75, 3.05) is 26.7 Å². The molecule has 5 nitrogen and oxygen atoms in total. The normalized spacial score (nSPS) is 35.1. The van der Waals surface area contributed by atoms with Crippen molar-refractivity contribution in [2.45, 2.75) is 63.3 Å². The summed E-state index contributed by atoms with van der Waals surface area (Å²) in [4.78, 5) is 7.16. The van der Waals surface area contributed by atoms with Gasteiger partial charge in [0, 0.05) is 56.2 Å². The number of nitrogens with one attached hydrogen (secondary N) is 2. The van der Waals surface area contributed by atoms with Crippen molar-refractivity contribution in [1.82, 2.24) is 15.5 Å². The van der Waals surface area contributed by atoms with Gasteiger partial charge in [-0.05, 0) is 38.2 Å². The first kappa shape index (κ1) is 18.4. The molecule has 1 aromatic rings. The molecule has 0 bridgehead atoms. The average molecular weight is 383 g/mol. The Labute approximate surface area is 168 Å². The van der Waals surface area contributed by atoms with E-state index in [1.807, 2.05) is 7.05 Å². The Kier molecular flexibility index (Phi) is 4.84. The number of likely N-dealkylation sites (tertiary alicyclic amines) is 1. The van der Waals surface area contributed by atoms with Gasteiger partial charge in [-0.2, -0.15) is 0 Å². The number of nitrogens with zero attached hydrogens (tertiary/aromatic N) is 2. The maximum atomic E-state index is 6.06. The first-order valence-electron chi connectivity index (χ1n) is 11.1. The molecule has 4 aliphatic rings. The predicted molar refractivity (Wildman–Crippen MR) is 112 cm³/mol. The van der Waals surface area contributed by atoms with Crippen LogP contribution < -0.4 is 10.6 Å². The number of hydrogen-bond donors (Lipinski definition) is 2. The molecule has 5 heteroatoms. The highest BCUT2D eigenvalue weighted by Gasteiger charge is 2.66. The molecule has 2 saturated heterocycles. The van der Waals surface area contributed by atoms with Gasteiger partial charge in [0.15, 0.2) is 5.96 Å². The van der Waals surface area contributed by atoms with Crippen LogP contribution in [-0.2, 0) is 4.74 Å². The molecule has 2 N–H and O–H groups in total. The zero-order chi connectivity index (χ0) is 19.1. The fraction of sp³-hybridized carbons (Fsp3) is 0.696. The van der Waals surface area contributed by atoms with Crippen LogP contribution in [-0.4, -0.2) is 55.8 Å². The molecule has 28 heavy (non-hydrogen) atoms. The van der Waals surface area contributed by atoms with Gasteiger partial charge >= 0.3 is 0 Å². The van der Waals surface area contributed by atoms with Crippen LogP contribution in [0.1, 0.15) is 50.6 Å². The van der Waals surface area contributed by atoms with Crippen molar-refractivity contribution in [2.24, 2.45) is 16.3 Å². The largest absolute Gasteiger partial charge is 0.377 e. The second-order valence-corrected chi connectivity index (χ2v) is 9.24. The van der Waals surface area contributed by atoms with Crippen LogP contribution in [0.3, 0.4) is 0 Å². The van der Waals surface area contributed by atoms with Gasteiger partial charge in [-0.15, -0.1) is 0 Å². The molecule has 0 aromatic heterocycles. The van der Waals surface area contributed by atoms with Crippen molar-refractivity contribution in [1.29, 1.82) is 0 Å². The zero-order valence-electron chi connectivity index (χ0n) is 17.2. The maximum Gasteiger partial charge on any atom is 0.191 e. The molecule has 5 atom stereocenters. The van der Waals surface area contributed by atoms with Gasteiger partial charge in [-0.3, -0.25) is 9.89 Å². The third kappa shape index (κ3) is 2.94. The molecule has 5 unspecified atom stereocenters. The first-order chi connectivity index (χ1) is 13.7. The lowest BCUT2D eigenvalue weighted by Gasteiger charge is -2.63. The van der Waals surface area contributed by atoms with Gasteiger partial charge in [0.25, 0.3) is 0 Å². The number of guanidine groups is 1. The second kappa shape index (κ2) is 7.34. The van der Waals surface area contributed by atoms with E-state index in [0.29, 0.717) is 35.6 Å². The Bertz CT molecular complexity index is 717. The van der Waals surface area contributed by atoms with Crippen LogP contribution in [0.25, 0.3) is 0 Å². The first-order valence-corrected chi connectivity index (χ1v) is 11.1. The van der Waals surface area contributed by atoms with E-state index in [1.165, 1.54) is 37.7 Å². The molecule has 1 aromatic carbocycles. The Balaban J connectivity index is 1.18. The highest BCUT2D eigenvalue weighted by atomic mass is 16.5. The number of ether oxygens (including phenoxy) is 1. The molecule has 0 amide bonds. The highest BCUT2D eigenvalue weighted by Crippen LogP contribution is 2.62. The number of fused-ring (bicyclic) bond motifs is 2. The average Bonchev–Trinajstić information content (AvgIpc) is 3.32. The number of aliphatic imine (C=N–C) groups is 1. The Morgan fingerprint density at radius 2 is 2.04 bits per heavy atom. The number of benzene rings is 1. The summed E-state index contributed by atoms with van der Waals surface area (Å²) in [7, 11) is 1.91. The predicted octanol–water partition coefficient (Wildman–Crippen LogP) is 2.94. The van der Waals surface area contributed by atoms with E-state index in [9.17, 15) is 0 Å².